The maximum Gasteiger partial charge on any atom is 0.0959 e. The van der Waals surface area contributed by atoms with E-state index in [2.05, 4.69) is 43.5 Å². The first-order valence-electron chi connectivity index (χ1n) is 9.00. The van der Waals surface area contributed by atoms with E-state index in [0.717, 1.165) is 11.3 Å². The lowest BCUT2D eigenvalue weighted by Gasteiger charge is -2.18. The first-order valence-corrected chi connectivity index (χ1v) is 11.4. The Bertz CT molecular complexity index is 669. The highest BCUT2D eigenvalue weighted by molar-refractivity contribution is 7.83. The van der Waals surface area contributed by atoms with Crippen LogP contribution in [0.4, 0.5) is 0 Å². The van der Waals surface area contributed by atoms with Crippen LogP contribution in [-0.4, -0.2) is 9.19 Å². The van der Waals surface area contributed by atoms with E-state index in [1.807, 2.05) is 0 Å². The third kappa shape index (κ3) is 4.76. The van der Waals surface area contributed by atoms with Gasteiger partial charge >= 0.3 is 0 Å². The summed E-state index contributed by atoms with van der Waals surface area (Å²) in [6, 6.07) is 8.53. The summed E-state index contributed by atoms with van der Waals surface area (Å²) in [4.78, 5) is 4.78. The molecule has 1 aromatic heterocycles. The molecule has 1 aliphatic carbocycles. The van der Waals surface area contributed by atoms with Crippen LogP contribution in [0.5, 0.6) is 0 Å². The number of rotatable bonds is 6. The highest BCUT2D eigenvalue weighted by Crippen LogP contribution is 2.34. The number of nitrogens with zero attached hydrogens (tertiary/aromatic N) is 1. The highest BCUT2D eigenvalue weighted by atomic mass is 32.2. The van der Waals surface area contributed by atoms with E-state index in [1.54, 1.807) is 11.3 Å². The van der Waals surface area contributed by atoms with Crippen molar-refractivity contribution < 1.29 is 4.21 Å². The van der Waals surface area contributed by atoms with Crippen molar-refractivity contribution in [3.8, 4) is 0 Å². The molecular weight excluding hydrogens is 334 g/mol. The van der Waals surface area contributed by atoms with Gasteiger partial charge in [-0.25, -0.2) is 4.98 Å². The van der Waals surface area contributed by atoms with Gasteiger partial charge in [0.1, 0.15) is 0 Å². The van der Waals surface area contributed by atoms with Crippen LogP contribution < -0.4 is 0 Å². The van der Waals surface area contributed by atoms with Gasteiger partial charge in [-0.1, -0.05) is 57.4 Å². The highest BCUT2D eigenvalue weighted by Gasteiger charge is 2.19. The lowest BCUT2D eigenvalue weighted by molar-refractivity contribution is 0.442. The Morgan fingerprint density at radius 2 is 1.83 bits per heavy atom. The van der Waals surface area contributed by atoms with Crippen LogP contribution in [0.15, 0.2) is 29.6 Å². The topological polar surface area (TPSA) is 30.0 Å². The van der Waals surface area contributed by atoms with Gasteiger partial charge in [0.2, 0.25) is 0 Å². The van der Waals surface area contributed by atoms with E-state index in [1.165, 1.54) is 42.7 Å². The van der Waals surface area contributed by atoms with E-state index in [4.69, 9.17) is 4.98 Å². The molecule has 1 atom stereocenters. The lowest BCUT2D eigenvalue weighted by Crippen LogP contribution is -2.05. The third-order valence-corrected chi connectivity index (χ3v) is 7.14. The first kappa shape index (κ1) is 17.8. The van der Waals surface area contributed by atoms with Crippen molar-refractivity contribution in [2.75, 3.05) is 0 Å². The molecule has 4 heteroatoms. The second-order valence-electron chi connectivity index (χ2n) is 7.14. The Balaban J connectivity index is 1.55. The zero-order valence-corrected chi connectivity index (χ0v) is 16.3. The fourth-order valence-electron chi connectivity index (χ4n) is 3.33. The van der Waals surface area contributed by atoms with Gasteiger partial charge in [0, 0.05) is 27.9 Å². The fourth-order valence-corrected chi connectivity index (χ4v) is 5.57. The molecule has 2 nitrogen and oxygen atoms in total. The van der Waals surface area contributed by atoms with Crippen LogP contribution in [0.1, 0.15) is 79.6 Å². The Labute approximate surface area is 152 Å². The van der Waals surface area contributed by atoms with Crippen molar-refractivity contribution >= 4 is 22.1 Å². The van der Waals surface area contributed by atoms with E-state index >= 15 is 0 Å². The lowest BCUT2D eigenvalue weighted by atomic mass is 9.90. The molecule has 24 heavy (non-hydrogen) atoms. The van der Waals surface area contributed by atoms with Crippen molar-refractivity contribution in [2.45, 2.75) is 69.3 Å². The van der Waals surface area contributed by atoms with E-state index in [-0.39, 0.29) is 0 Å². The van der Waals surface area contributed by atoms with Crippen LogP contribution >= 0.6 is 11.3 Å². The molecule has 3 rings (SSSR count). The molecule has 1 aromatic carbocycles. The number of hydrogen-bond donors (Lipinski definition) is 0. The van der Waals surface area contributed by atoms with Crippen molar-refractivity contribution in [1.82, 2.24) is 4.98 Å². The standard InChI is InChI=1S/C20H27NOS2/c1-15(2)17-10-8-16(9-11-17)13-24(22)14-19-12-23-20(21-19)18-6-4-3-5-7-18/h8-12,15,18H,3-7,13-14H2,1-2H3. The summed E-state index contributed by atoms with van der Waals surface area (Å²) in [5.41, 5.74) is 3.50. The summed E-state index contributed by atoms with van der Waals surface area (Å²) in [5.74, 6) is 2.39. The minimum atomic E-state index is -0.887. The average molecular weight is 362 g/mol. The summed E-state index contributed by atoms with van der Waals surface area (Å²) in [7, 11) is -0.887. The number of thiazole rings is 1. The van der Waals surface area contributed by atoms with Crippen molar-refractivity contribution in [3.05, 3.63) is 51.5 Å². The molecule has 1 saturated carbocycles. The Kier molecular flexibility index (Phi) is 6.23. The molecule has 1 unspecified atom stereocenters. The van der Waals surface area contributed by atoms with Gasteiger partial charge in [-0.05, 0) is 29.9 Å². The van der Waals surface area contributed by atoms with E-state index in [9.17, 15) is 4.21 Å². The number of benzene rings is 1. The van der Waals surface area contributed by atoms with Crippen molar-refractivity contribution in [1.29, 1.82) is 0 Å². The summed E-state index contributed by atoms with van der Waals surface area (Å²) in [6.07, 6.45) is 6.58. The summed E-state index contributed by atoms with van der Waals surface area (Å²) in [6.45, 7) is 4.39. The Morgan fingerprint density at radius 3 is 2.50 bits per heavy atom. The smallest absolute Gasteiger partial charge is 0.0959 e. The molecular formula is C20H27NOS2. The SMILES string of the molecule is CC(C)c1ccc(CS(=O)Cc2csc(C3CCCCC3)n2)cc1. The van der Waals surface area contributed by atoms with Gasteiger partial charge in [0.15, 0.2) is 0 Å². The van der Waals surface area contributed by atoms with Crippen molar-refractivity contribution in [2.24, 2.45) is 0 Å². The van der Waals surface area contributed by atoms with Crippen LogP contribution in [-0.2, 0) is 22.3 Å². The predicted octanol–water partition coefficient (Wildman–Crippen LogP) is 5.76. The molecule has 0 spiro atoms. The summed E-state index contributed by atoms with van der Waals surface area (Å²) in [5, 5.41) is 3.38. The molecule has 0 N–H and O–H groups in total. The maximum atomic E-state index is 12.5. The van der Waals surface area contributed by atoms with Crippen LogP contribution in [0.25, 0.3) is 0 Å². The largest absolute Gasteiger partial charge is 0.259 e. The molecule has 0 bridgehead atoms. The second kappa shape index (κ2) is 8.39. The van der Waals surface area contributed by atoms with Crippen LogP contribution in [0.3, 0.4) is 0 Å². The van der Waals surface area contributed by atoms with Gasteiger partial charge in [-0.15, -0.1) is 11.3 Å². The molecule has 0 saturated heterocycles. The minimum absolute atomic E-state index is 0.540. The molecule has 0 amide bonds. The average Bonchev–Trinajstić information content (AvgIpc) is 3.04. The molecule has 1 heterocycles. The minimum Gasteiger partial charge on any atom is -0.259 e. The molecule has 0 aliphatic heterocycles. The zero-order valence-electron chi connectivity index (χ0n) is 14.7. The third-order valence-electron chi connectivity index (χ3n) is 4.81. The zero-order chi connectivity index (χ0) is 16.9. The maximum absolute atomic E-state index is 12.5. The number of hydrogen-bond acceptors (Lipinski definition) is 3. The van der Waals surface area contributed by atoms with Gasteiger partial charge in [0.05, 0.1) is 16.5 Å². The summed E-state index contributed by atoms with van der Waals surface area (Å²) < 4.78 is 12.5. The van der Waals surface area contributed by atoms with E-state index < -0.39 is 10.8 Å². The van der Waals surface area contributed by atoms with Gasteiger partial charge < -0.3 is 0 Å². The molecule has 1 aliphatic rings. The quantitative estimate of drug-likeness (QED) is 0.654. The fraction of sp³-hybridized carbons (Fsp3) is 0.550. The van der Waals surface area contributed by atoms with Gasteiger partial charge in [0.25, 0.3) is 0 Å². The molecule has 2 aromatic rings. The van der Waals surface area contributed by atoms with Crippen LogP contribution in [0, 0.1) is 0 Å². The molecule has 0 radical (unpaired) electrons. The van der Waals surface area contributed by atoms with Gasteiger partial charge in [-0.2, -0.15) is 0 Å². The molecule has 130 valence electrons. The molecule has 1 fully saturated rings. The number of aromatic nitrogens is 1. The van der Waals surface area contributed by atoms with Crippen LogP contribution in [0.2, 0.25) is 0 Å². The van der Waals surface area contributed by atoms with Crippen molar-refractivity contribution in [3.63, 3.8) is 0 Å². The summed E-state index contributed by atoms with van der Waals surface area (Å²) >= 11 is 1.76. The van der Waals surface area contributed by atoms with Gasteiger partial charge in [-0.3, -0.25) is 4.21 Å². The second-order valence-corrected chi connectivity index (χ2v) is 9.48. The Morgan fingerprint density at radius 1 is 1.12 bits per heavy atom. The predicted molar refractivity (Wildman–Crippen MR) is 104 cm³/mol. The first-order chi connectivity index (χ1) is 11.6. The Hall–Kier alpha value is -1.00. The van der Waals surface area contributed by atoms with E-state index in [0.29, 0.717) is 23.3 Å². The normalized spacial score (nSPS) is 17.3. The monoisotopic (exact) mass is 361 g/mol.